The highest BCUT2D eigenvalue weighted by Gasteiger charge is 2.26. The van der Waals surface area contributed by atoms with E-state index in [1.807, 2.05) is 0 Å². The van der Waals surface area contributed by atoms with Gasteiger partial charge in [-0.15, -0.1) is 0 Å². The molecule has 2 unspecified atom stereocenters. The van der Waals surface area contributed by atoms with Crippen LogP contribution in [-0.2, 0) is 0 Å². The summed E-state index contributed by atoms with van der Waals surface area (Å²) in [7, 11) is 0. The average molecular weight is 387 g/mol. The first-order chi connectivity index (χ1) is 9.08. The monoisotopic (exact) mass is 387 g/mol. The number of imidazole rings is 1. The van der Waals surface area contributed by atoms with Gasteiger partial charge in [0.2, 0.25) is 0 Å². The van der Waals surface area contributed by atoms with E-state index in [0.717, 1.165) is 10.3 Å². The summed E-state index contributed by atoms with van der Waals surface area (Å²) in [5.41, 5.74) is 2.31. The average Bonchev–Trinajstić information content (AvgIpc) is 2.65. The number of aromatic amines is 1. The molecular formula is C14H18IN3S. The maximum atomic E-state index is 5.55. The number of hydrogen-bond acceptors (Lipinski definition) is 2. The first kappa shape index (κ1) is 13.4. The first-order valence-electron chi connectivity index (χ1n) is 6.77. The number of H-pyrrole nitrogens is 1. The molecule has 1 aromatic heterocycles. The zero-order valence-electron chi connectivity index (χ0n) is 11.2. The van der Waals surface area contributed by atoms with Gasteiger partial charge in [-0.05, 0) is 86.1 Å². The largest absolute Gasteiger partial charge is 0.329 e. The van der Waals surface area contributed by atoms with Gasteiger partial charge >= 0.3 is 0 Å². The highest BCUT2D eigenvalue weighted by Crippen LogP contribution is 2.25. The smallest absolute Gasteiger partial charge is 0.197 e. The molecule has 0 spiro atoms. The Balaban J connectivity index is 2.18. The molecule has 0 aliphatic carbocycles. The molecule has 0 bridgehead atoms. The quantitative estimate of drug-likeness (QED) is 0.586. The number of nitrogens with zero attached hydrogens (tertiary/aromatic N) is 2. The second-order valence-electron chi connectivity index (χ2n) is 5.41. The summed E-state index contributed by atoms with van der Waals surface area (Å²) in [6.07, 6.45) is 3.79. The van der Waals surface area contributed by atoms with E-state index in [4.69, 9.17) is 12.2 Å². The highest BCUT2D eigenvalue weighted by molar-refractivity contribution is 14.1. The van der Waals surface area contributed by atoms with E-state index in [0.29, 0.717) is 12.1 Å². The highest BCUT2D eigenvalue weighted by atomic mass is 127. The van der Waals surface area contributed by atoms with Crippen LogP contribution in [0, 0.1) is 8.34 Å². The van der Waals surface area contributed by atoms with E-state index in [2.05, 4.69) is 69.3 Å². The molecule has 5 heteroatoms. The number of halogens is 1. The molecule has 1 aliphatic rings. The molecule has 1 saturated heterocycles. The van der Waals surface area contributed by atoms with Crippen LogP contribution in [0.5, 0.6) is 0 Å². The number of piperidine rings is 1. The van der Waals surface area contributed by atoms with Crippen molar-refractivity contribution in [3.63, 3.8) is 0 Å². The molecule has 1 N–H and O–H groups in total. The molecular weight excluding hydrogens is 369 g/mol. The molecule has 0 radical (unpaired) electrons. The van der Waals surface area contributed by atoms with E-state index >= 15 is 0 Å². The number of rotatable bonds is 1. The summed E-state index contributed by atoms with van der Waals surface area (Å²) in [5.74, 6) is 0. The molecule has 3 nitrogen and oxygen atoms in total. The van der Waals surface area contributed by atoms with Crippen molar-refractivity contribution in [2.45, 2.75) is 45.2 Å². The summed E-state index contributed by atoms with van der Waals surface area (Å²) in [6.45, 7) is 4.59. The third-order valence-electron chi connectivity index (χ3n) is 4.00. The zero-order chi connectivity index (χ0) is 13.6. The fraction of sp³-hybridized carbons (Fsp3) is 0.500. The number of fused-ring (bicyclic) bond motifs is 1. The standard InChI is InChI=1S/C14H18IN3S/c1-9-4-3-5-10(2)17(9)18-13-7-6-11(15)8-12(13)16-14(18)19/h6-10H,3-5H2,1-2H3,(H,16,19). The number of hydrogen-bond donors (Lipinski definition) is 1. The predicted octanol–water partition coefficient (Wildman–Crippen LogP) is 4.20. The van der Waals surface area contributed by atoms with E-state index in [9.17, 15) is 0 Å². The Bertz CT molecular complexity index is 650. The van der Waals surface area contributed by atoms with Crippen LogP contribution in [-0.4, -0.2) is 21.7 Å². The molecule has 1 aromatic carbocycles. The van der Waals surface area contributed by atoms with Gasteiger partial charge in [0.15, 0.2) is 4.77 Å². The lowest BCUT2D eigenvalue weighted by Crippen LogP contribution is -2.50. The molecule has 3 rings (SSSR count). The van der Waals surface area contributed by atoms with E-state index < -0.39 is 0 Å². The Labute approximate surface area is 132 Å². The van der Waals surface area contributed by atoms with Crippen LogP contribution < -0.4 is 5.01 Å². The fourth-order valence-corrected chi connectivity index (χ4v) is 3.90. The Morgan fingerprint density at radius 2 is 1.95 bits per heavy atom. The van der Waals surface area contributed by atoms with E-state index in [-0.39, 0.29) is 0 Å². The summed E-state index contributed by atoms with van der Waals surface area (Å²) in [6, 6.07) is 7.53. The zero-order valence-corrected chi connectivity index (χ0v) is 14.2. The van der Waals surface area contributed by atoms with Gasteiger partial charge in [0, 0.05) is 15.7 Å². The van der Waals surface area contributed by atoms with Crippen LogP contribution in [0.15, 0.2) is 18.2 Å². The van der Waals surface area contributed by atoms with Crippen molar-refractivity contribution >= 4 is 45.8 Å². The molecule has 2 heterocycles. The minimum absolute atomic E-state index is 0.536. The van der Waals surface area contributed by atoms with Gasteiger partial charge in [0.1, 0.15) is 0 Å². The van der Waals surface area contributed by atoms with Crippen molar-refractivity contribution in [1.82, 2.24) is 9.66 Å². The van der Waals surface area contributed by atoms with Crippen molar-refractivity contribution in [1.29, 1.82) is 0 Å². The Morgan fingerprint density at radius 3 is 2.63 bits per heavy atom. The molecule has 2 aromatic rings. The van der Waals surface area contributed by atoms with Crippen LogP contribution >= 0.6 is 34.8 Å². The first-order valence-corrected chi connectivity index (χ1v) is 8.25. The molecule has 2 atom stereocenters. The normalized spacial score (nSPS) is 24.1. The van der Waals surface area contributed by atoms with Crippen LogP contribution in [0.25, 0.3) is 11.0 Å². The van der Waals surface area contributed by atoms with Crippen LogP contribution in [0.4, 0.5) is 0 Å². The van der Waals surface area contributed by atoms with E-state index in [1.54, 1.807) is 0 Å². The molecule has 102 valence electrons. The summed E-state index contributed by atoms with van der Waals surface area (Å²) in [4.78, 5) is 3.34. The second-order valence-corrected chi connectivity index (χ2v) is 7.04. The van der Waals surface area contributed by atoms with Gasteiger partial charge < -0.3 is 9.99 Å². The number of benzene rings is 1. The van der Waals surface area contributed by atoms with Crippen LogP contribution in [0.1, 0.15) is 33.1 Å². The maximum Gasteiger partial charge on any atom is 0.197 e. The van der Waals surface area contributed by atoms with Crippen molar-refractivity contribution in [3.8, 4) is 0 Å². The third kappa shape index (κ3) is 2.31. The van der Waals surface area contributed by atoms with Gasteiger partial charge in [-0.25, -0.2) is 4.68 Å². The minimum atomic E-state index is 0.536. The molecule has 1 fully saturated rings. The molecule has 0 saturated carbocycles. The Morgan fingerprint density at radius 1 is 1.26 bits per heavy atom. The minimum Gasteiger partial charge on any atom is -0.329 e. The van der Waals surface area contributed by atoms with Gasteiger partial charge in [-0.3, -0.25) is 0 Å². The van der Waals surface area contributed by atoms with E-state index in [1.165, 1.54) is 28.3 Å². The van der Waals surface area contributed by atoms with Gasteiger partial charge in [-0.1, -0.05) is 0 Å². The lowest BCUT2D eigenvalue weighted by atomic mass is 10.00. The topological polar surface area (TPSA) is 24.0 Å². The second kappa shape index (κ2) is 5.09. The van der Waals surface area contributed by atoms with Crippen molar-refractivity contribution in [2.24, 2.45) is 0 Å². The van der Waals surface area contributed by atoms with Gasteiger partial charge in [0.05, 0.1) is 11.0 Å². The van der Waals surface area contributed by atoms with Crippen molar-refractivity contribution in [3.05, 3.63) is 26.5 Å². The third-order valence-corrected chi connectivity index (χ3v) is 4.94. The van der Waals surface area contributed by atoms with Crippen molar-refractivity contribution < 1.29 is 0 Å². The van der Waals surface area contributed by atoms with Gasteiger partial charge in [-0.2, -0.15) is 0 Å². The predicted molar refractivity (Wildman–Crippen MR) is 90.8 cm³/mol. The number of nitrogens with one attached hydrogen (secondary N) is 1. The molecule has 0 amide bonds. The maximum absolute atomic E-state index is 5.55. The Hall–Kier alpha value is -0.560. The Kier molecular flexibility index (Phi) is 3.59. The SMILES string of the molecule is CC1CCCC(C)N1n1c(=S)[nH]c2cc(I)ccc21. The molecule has 19 heavy (non-hydrogen) atoms. The summed E-state index contributed by atoms with van der Waals surface area (Å²) in [5, 5.41) is 2.44. The lowest BCUT2D eigenvalue weighted by Gasteiger charge is -2.41. The van der Waals surface area contributed by atoms with Crippen LogP contribution in [0.3, 0.4) is 0 Å². The number of aromatic nitrogens is 2. The fourth-order valence-electron chi connectivity index (χ4n) is 3.10. The molecule has 1 aliphatic heterocycles. The van der Waals surface area contributed by atoms with Crippen LogP contribution in [0.2, 0.25) is 0 Å². The van der Waals surface area contributed by atoms with Crippen molar-refractivity contribution in [2.75, 3.05) is 5.01 Å². The lowest BCUT2D eigenvalue weighted by molar-refractivity contribution is 0.339. The summed E-state index contributed by atoms with van der Waals surface area (Å²) >= 11 is 7.88. The van der Waals surface area contributed by atoms with Gasteiger partial charge in [0.25, 0.3) is 0 Å². The summed E-state index contributed by atoms with van der Waals surface area (Å²) < 4.78 is 4.24.